The predicted octanol–water partition coefficient (Wildman–Crippen LogP) is 5.82. The molecule has 216 valence electrons. The number of halogens is 1. The molecule has 0 fully saturated rings. The van der Waals surface area contributed by atoms with Crippen molar-refractivity contribution in [2.24, 2.45) is 4.99 Å². The van der Waals surface area contributed by atoms with Gasteiger partial charge in [-0.25, -0.2) is 9.79 Å². The van der Waals surface area contributed by atoms with E-state index in [-0.39, 0.29) is 18.3 Å². The van der Waals surface area contributed by atoms with Gasteiger partial charge in [-0.05, 0) is 63.6 Å². The number of aromatic nitrogens is 1. The minimum absolute atomic E-state index is 0.263. The minimum atomic E-state index is -0.711. The van der Waals surface area contributed by atoms with Crippen LogP contribution in [0.15, 0.2) is 93.9 Å². The first-order valence-electron chi connectivity index (χ1n) is 13.7. The lowest BCUT2D eigenvalue weighted by Crippen LogP contribution is -2.40. The van der Waals surface area contributed by atoms with Gasteiger partial charge in [0.15, 0.2) is 4.80 Å². The van der Waals surface area contributed by atoms with E-state index in [2.05, 4.69) is 4.99 Å². The van der Waals surface area contributed by atoms with Crippen molar-refractivity contribution >= 4 is 35.0 Å². The molecule has 0 amide bonds. The standard InChI is InChI=1S/C33H31ClN2O5S/c1-5-39-25-16-14-22(15-17-25)30-29(32(38)41-20(2)3)21(4)35-33-36(30)31(37)28(42-33)18-23-10-7-9-13-27(23)40-19-24-11-6-8-12-26(24)34/h6-18,20,30H,5,19H2,1-4H3/b28-18+/t30-/m1/s1. The van der Waals surface area contributed by atoms with E-state index >= 15 is 0 Å². The van der Waals surface area contributed by atoms with E-state index in [1.54, 1.807) is 31.4 Å². The number of fused-ring (bicyclic) bond motifs is 1. The Labute approximate surface area is 253 Å². The largest absolute Gasteiger partial charge is 0.494 e. The van der Waals surface area contributed by atoms with Crippen molar-refractivity contribution in [3.05, 3.63) is 125 Å². The maximum atomic E-state index is 14.0. The maximum Gasteiger partial charge on any atom is 0.338 e. The zero-order valence-corrected chi connectivity index (χ0v) is 25.4. The molecule has 1 aliphatic rings. The Morgan fingerprint density at radius 1 is 1.05 bits per heavy atom. The van der Waals surface area contributed by atoms with E-state index in [1.165, 1.54) is 11.3 Å². The number of para-hydroxylation sites is 1. The summed E-state index contributed by atoms with van der Waals surface area (Å²) in [4.78, 5) is 32.5. The number of rotatable bonds is 9. The smallest absolute Gasteiger partial charge is 0.338 e. The quantitative estimate of drug-likeness (QED) is 0.226. The summed E-state index contributed by atoms with van der Waals surface area (Å²) in [5, 5.41) is 0.625. The van der Waals surface area contributed by atoms with Gasteiger partial charge < -0.3 is 14.2 Å². The van der Waals surface area contributed by atoms with Crippen LogP contribution in [0, 0.1) is 0 Å². The number of esters is 1. The summed E-state index contributed by atoms with van der Waals surface area (Å²) < 4.78 is 19.4. The number of hydrogen-bond acceptors (Lipinski definition) is 7. The van der Waals surface area contributed by atoms with Crippen LogP contribution in [0.4, 0.5) is 0 Å². The molecule has 0 saturated heterocycles. The van der Waals surface area contributed by atoms with Crippen molar-refractivity contribution in [1.29, 1.82) is 0 Å². The Morgan fingerprint density at radius 3 is 2.48 bits per heavy atom. The van der Waals surface area contributed by atoms with Gasteiger partial charge in [0.25, 0.3) is 5.56 Å². The van der Waals surface area contributed by atoms with Gasteiger partial charge in [0.1, 0.15) is 18.1 Å². The molecule has 4 aromatic rings. The van der Waals surface area contributed by atoms with E-state index in [4.69, 9.17) is 25.8 Å². The molecule has 1 aliphatic heterocycles. The minimum Gasteiger partial charge on any atom is -0.494 e. The van der Waals surface area contributed by atoms with Crippen molar-refractivity contribution in [2.75, 3.05) is 6.61 Å². The summed E-state index contributed by atoms with van der Waals surface area (Å²) in [7, 11) is 0. The van der Waals surface area contributed by atoms with Gasteiger partial charge in [-0.15, -0.1) is 0 Å². The summed E-state index contributed by atoms with van der Waals surface area (Å²) >= 11 is 7.58. The molecule has 3 aromatic carbocycles. The van der Waals surface area contributed by atoms with Gasteiger partial charge in [-0.1, -0.05) is 71.5 Å². The SMILES string of the molecule is CCOc1ccc([C@@H]2C(C(=O)OC(C)C)=C(C)N=c3s/c(=C/c4ccccc4OCc4ccccc4Cl)c(=O)n32)cc1. The number of thiazole rings is 1. The maximum absolute atomic E-state index is 14.0. The van der Waals surface area contributed by atoms with Crippen molar-refractivity contribution in [1.82, 2.24) is 4.57 Å². The molecule has 0 unspecified atom stereocenters. The topological polar surface area (TPSA) is 79.1 Å². The molecule has 42 heavy (non-hydrogen) atoms. The van der Waals surface area contributed by atoms with Crippen LogP contribution in [-0.2, 0) is 16.1 Å². The zero-order valence-electron chi connectivity index (χ0n) is 23.8. The molecule has 0 N–H and O–H groups in total. The van der Waals surface area contributed by atoms with Crippen LogP contribution < -0.4 is 24.4 Å². The number of carbonyl (C=O) groups is 1. The summed E-state index contributed by atoms with van der Waals surface area (Å²) in [6, 6.07) is 21.7. The van der Waals surface area contributed by atoms with E-state index in [9.17, 15) is 9.59 Å². The highest BCUT2D eigenvalue weighted by molar-refractivity contribution is 7.07. The molecule has 0 spiro atoms. The lowest BCUT2D eigenvalue weighted by molar-refractivity contribution is -0.143. The Balaban J connectivity index is 1.59. The molecule has 0 saturated carbocycles. The van der Waals surface area contributed by atoms with E-state index in [1.807, 2.05) is 79.7 Å². The molecule has 7 nitrogen and oxygen atoms in total. The first-order chi connectivity index (χ1) is 20.3. The Morgan fingerprint density at radius 2 is 1.76 bits per heavy atom. The number of benzene rings is 3. The van der Waals surface area contributed by atoms with Gasteiger partial charge in [0.05, 0.1) is 34.6 Å². The molecular weight excluding hydrogens is 572 g/mol. The van der Waals surface area contributed by atoms with Gasteiger partial charge >= 0.3 is 5.97 Å². The first kappa shape index (κ1) is 29.4. The van der Waals surface area contributed by atoms with Crippen LogP contribution >= 0.6 is 22.9 Å². The van der Waals surface area contributed by atoms with Gasteiger partial charge in [0.2, 0.25) is 0 Å². The third-order valence-corrected chi connectivity index (χ3v) is 7.99. The van der Waals surface area contributed by atoms with Crippen LogP contribution in [0.1, 0.15) is 50.4 Å². The second kappa shape index (κ2) is 12.8. The highest BCUT2D eigenvalue weighted by atomic mass is 35.5. The molecule has 1 atom stereocenters. The van der Waals surface area contributed by atoms with Crippen LogP contribution in [0.5, 0.6) is 11.5 Å². The van der Waals surface area contributed by atoms with Crippen molar-refractivity contribution < 1.29 is 19.0 Å². The first-order valence-corrected chi connectivity index (χ1v) is 14.9. The lowest BCUT2D eigenvalue weighted by Gasteiger charge is -2.25. The van der Waals surface area contributed by atoms with Crippen molar-refractivity contribution in [3.8, 4) is 11.5 Å². The van der Waals surface area contributed by atoms with E-state index in [0.717, 1.165) is 16.7 Å². The van der Waals surface area contributed by atoms with Crippen molar-refractivity contribution in [2.45, 2.75) is 46.4 Å². The van der Waals surface area contributed by atoms with Gasteiger partial charge in [-0.2, -0.15) is 0 Å². The molecule has 0 bridgehead atoms. The van der Waals surface area contributed by atoms with Gasteiger partial charge in [-0.3, -0.25) is 9.36 Å². The van der Waals surface area contributed by atoms with Crippen LogP contribution in [0.2, 0.25) is 5.02 Å². The fourth-order valence-corrected chi connectivity index (χ4v) is 5.96. The fourth-order valence-electron chi connectivity index (χ4n) is 4.73. The number of ether oxygens (including phenoxy) is 3. The summed E-state index contributed by atoms with van der Waals surface area (Å²) in [6.07, 6.45) is 1.47. The second-order valence-corrected chi connectivity index (χ2v) is 11.4. The second-order valence-electron chi connectivity index (χ2n) is 9.96. The van der Waals surface area contributed by atoms with Crippen LogP contribution in [-0.4, -0.2) is 23.2 Å². The average Bonchev–Trinajstić information content (AvgIpc) is 3.26. The summed E-state index contributed by atoms with van der Waals surface area (Å²) in [6.45, 7) is 8.08. The number of carbonyl (C=O) groups excluding carboxylic acids is 1. The van der Waals surface area contributed by atoms with Crippen LogP contribution in [0.25, 0.3) is 6.08 Å². The van der Waals surface area contributed by atoms with Crippen LogP contribution in [0.3, 0.4) is 0 Å². The molecular formula is C33H31ClN2O5S. The number of hydrogen-bond donors (Lipinski definition) is 0. The Hall–Kier alpha value is -4.14. The molecule has 0 radical (unpaired) electrons. The molecule has 0 aliphatic carbocycles. The predicted molar refractivity (Wildman–Crippen MR) is 165 cm³/mol. The van der Waals surface area contributed by atoms with E-state index < -0.39 is 12.0 Å². The monoisotopic (exact) mass is 602 g/mol. The van der Waals surface area contributed by atoms with E-state index in [0.29, 0.717) is 43.7 Å². The highest BCUT2D eigenvalue weighted by Gasteiger charge is 2.33. The van der Waals surface area contributed by atoms with Crippen molar-refractivity contribution in [3.63, 3.8) is 0 Å². The average molecular weight is 603 g/mol. The molecule has 2 heterocycles. The number of allylic oxidation sites excluding steroid dienone is 1. The number of nitrogens with zero attached hydrogens (tertiary/aromatic N) is 2. The summed E-state index contributed by atoms with van der Waals surface area (Å²) in [5.41, 5.74) is 2.93. The molecule has 1 aromatic heterocycles. The van der Waals surface area contributed by atoms with Gasteiger partial charge in [0, 0.05) is 16.1 Å². The zero-order chi connectivity index (χ0) is 29.8. The third kappa shape index (κ3) is 6.20. The normalized spacial score (nSPS) is 14.9. The third-order valence-electron chi connectivity index (χ3n) is 6.64. The fraction of sp³-hybridized carbons (Fsp3) is 0.242. The molecule has 5 rings (SSSR count). The molecule has 9 heteroatoms. The summed E-state index contributed by atoms with van der Waals surface area (Å²) in [5.74, 6) is 0.815. The lowest BCUT2D eigenvalue weighted by atomic mass is 9.96. The highest BCUT2D eigenvalue weighted by Crippen LogP contribution is 2.32. The Kier molecular flexibility index (Phi) is 8.94. The Bertz CT molecular complexity index is 1820.